The molecule has 0 spiro atoms. The third-order valence-corrected chi connectivity index (χ3v) is 4.53. The second-order valence-electron chi connectivity index (χ2n) is 6.13. The third-order valence-electron chi connectivity index (χ3n) is 4.53. The predicted octanol–water partition coefficient (Wildman–Crippen LogP) is 3.04. The van der Waals surface area contributed by atoms with Gasteiger partial charge in [0.25, 0.3) is 0 Å². The number of nitrogens with zero attached hydrogens (tertiary/aromatic N) is 3. The number of carboxylic acid groups (broad SMARTS) is 1. The van der Waals surface area contributed by atoms with Gasteiger partial charge in [-0.15, -0.1) is 0 Å². The van der Waals surface area contributed by atoms with Crippen molar-refractivity contribution in [2.24, 2.45) is 0 Å². The van der Waals surface area contributed by atoms with Crippen LogP contribution in [0.25, 0.3) is 11.0 Å². The molecule has 0 aliphatic carbocycles. The van der Waals surface area contributed by atoms with E-state index in [1.54, 1.807) is 12.3 Å². The van der Waals surface area contributed by atoms with Crippen LogP contribution in [0.4, 0.5) is 5.82 Å². The van der Waals surface area contributed by atoms with Gasteiger partial charge in [-0.3, -0.25) is 0 Å². The highest BCUT2D eigenvalue weighted by Crippen LogP contribution is 2.29. The number of piperidine rings is 1. The van der Waals surface area contributed by atoms with E-state index < -0.39 is 5.97 Å². The lowest BCUT2D eigenvalue weighted by Gasteiger charge is -2.32. The zero-order valence-electron chi connectivity index (χ0n) is 13.1. The van der Waals surface area contributed by atoms with Gasteiger partial charge in [0.1, 0.15) is 11.6 Å². The second kappa shape index (κ2) is 5.96. The van der Waals surface area contributed by atoms with E-state index >= 15 is 0 Å². The molecule has 1 aliphatic heterocycles. The van der Waals surface area contributed by atoms with Gasteiger partial charge in [0.2, 0.25) is 0 Å². The van der Waals surface area contributed by atoms with E-state index in [2.05, 4.69) is 14.9 Å². The van der Waals surface area contributed by atoms with E-state index in [0.29, 0.717) is 5.92 Å². The van der Waals surface area contributed by atoms with Crippen molar-refractivity contribution >= 4 is 22.8 Å². The van der Waals surface area contributed by atoms with Crippen LogP contribution in [0.1, 0.15) is 34.9 Å². The molecule has 24 heavy (non-hydrogen) atoms. The molecule has 2 aromatic heterocycles. The largest absolute Gasteiger partial charge is 0.478 e. The number of carbonyl (C=O) groups is 1. The highest BCUT2D eigenvalue weighted by molar-refractivity contribution is 5.88. The van der Waals surface area contributed by atoms with Crippen molar-refractivity contribution in [3.05, 3.63) is 54.0 Å². The molecule has 3 aromatic rings. The molecule has 1 fully saturated rings. The minimum atomic E-state index is -0.926. The normalized spacial score (nSPS) is 18.0. The van der Waals surface area contributed by atoms with Crippen LogP contribution in [0.3, 0.4) is 0 Å². The van der Waals surface area contributed by atoms with Crippen molar-refractivity contribution in [1.82, 2.24) is 15.0 Å². The second-order valence-corrected chi connectivity index (χ2v) is 6.13. The Bertz CT molecular complexity index is 856. The number of H-pyrrole nitrogens is 1. The molecule has 3 heterocycles. The van der Waals surface area contributed by atoms with Crippen molar-refractivity contribution < 1.29 is 9.90 Å². The Labute approximate surface area is 139 Å². The molecule has 1 saturated heterocycles. The summed E-state index contributed by atoms with van der Waals surface area (Å²) in [6.07, 6.45) is 3.65. The molecule has 1 aromatic carbocycles. The lowest BCUT2D eigenvalue weighted by Crippen LogP contribution is -2.35. The van der Waals surface area contributed by atoms with Gasteiger partial charge < -0.3 is 15.0 Å². The summed E-state index contributed by atoms with van der Waals surface area (Å²) in [6.45, 7) is 1.67. The fourth-order valence-electron chi connectivity index (χ4n) is 3.30. The first-order chi connectivity index (χ1) is 11.7. The summed E-state index contributed by atoms with van der Waals surface area (Å²) in [4.78, 5) is 25.8. The molecule has 1 atom stereocenters. The Morgan fingerprint density at radius 3 is 3.00 bits per heavy atom. The topological polar surface area (TPSA) is 82.1 Å². The van der Waals surface area contributed by atoms with Crippen molar-refractivity contribution in [2.45, 2.75) is 18.8 Å². The number of pyridine rings is 1. The molecule has 0 radical (unpaired) electrons. The molecule has 0 amide bonds. The number of aromatic nitrogens is 3. The van der Waals surface area contributed by atoms with Crippen LogP contribution in [-0.2, 0) is 0 Å². The van der Waals surface area contributed by atoms with Gasteiger partial charge in [-0.05, 0) is 37.1 Å². The van der Waals surface area contributed by atoms with Gasteiger partial charge in [-0.2, -0.15) is 0 Å². The zero-order valence-corrected chi connectivity index (χ0v) is 13.1. The van der Waals surface area contributed by atoms with Crippen molar-refractivity contribution in [2.75, 3.05) is 18.0 Å². The van der Waals surface area contributed by atoms with Gasteiger partial charge in [0, 0.05) is 25.2 Å². The number of carboxylic acids is 1. The highest BCUT2D eigenvalue weighted by atomic mass is 16.4. The van der Waals surface area contributed by atoms with E-state index in [4.69, 9.17) is 10.1 Å². The maximum atomic E-state index is 11.2. The number of para-hydroxylation sites is 2. The molecule has 1 unspecified atom stereocenters. The molecule has 0 saturated carbocycles. The summed E-state index contributed by atoms with van der Waals surface area (Å²) in [5.74, 6) is 1.08. The van der Waals surface area contributed by atoms with Gasteiger partial charge in [0.15, 0.2) is 0 Å². The fourth-order valence-corrected chi connectivity index (χ4v) is 3.30. The monoisotopic (exact) mass is 322 g/mol. The molecule has 6 nitrogen and oxygen atoms in total. The number of rotatable bonds is 3. The number of hydrogen-bond acceptors (Lipinski definition) is 4. The average molecular weight is 322 g/mol. The van der Waals surface area contributed by atoms with Crippen LogP contribution >= 0.6 is 0 Å². The maximum Gasteiger partial charge on any atom is 0.335 e. The number of anilines is 1. The number of aromatic amines is 1. The van der Waals surface area contributed by atoms with E-state index in [1.807, 2.05) is 24.3 Å². The van der Waals surface area contributed by atoms with Gasteiger partial charge >= 0.3 is 5.97 Å². The summed E-state index contributed by atoms with van der Waals surface area (Å²) >= 11 is 0. The SMILES string of the molecule is O=C(O)c1ccnc(N2CCCC(c3nc4ccccc4[nH]3)C2)c1. The van der Waals surface area contributed by atoms with Crippen molar-refractivity contribution in [1.29, 1.82) is 0 Å². The van der Waals surface area contributed by atoms with E-state index in [-0.39, 0.29) is 5.56 Å². The fraction of sp³-hybridized carbons (Fsp3) is 0.278. The predicted molar refractivity (Wildman–Crippen MR) is 91.5 cm³/mol. The van der Waals surface area contributed by atoms with Crippen molar-refractivity contribution in [3.63, 3.8) is 0 Å². The summed E-state index contributed by atoms with van der Waals surface area (Å²) in [6, 6.07) is 11.2. The van der Waals surface area contributed by atoms with Crippen LogP contribution in [-0.4, -0.2) is 39.1 Å². The summed E-state index contributed by atoms with van der Waals surface area (Å²) in [5.41, 5.74) is 2.30. The molecule has 4 rings (SSSR count). The molecular formula is C18H18N4O2. The van der Waals surface area contributed by atoms with Gasteiger partial charge in [-0.1, -0.05) is 12.1 Å². The number of benzene rings is 1. The van der Waals surface area contributed by atoms with Crippen LogP contribution in [0.2, 0.25) is 0 Å². The highest BCUT2D eigenvalue weighted by Gasteiger charge is 2.25. The maximum absolute atomic E-state index is 11.2. The van der Waals surface area contributed by atoms with Crippen LogP contribution in [0, 0.1) is 0 Å². The van der Waals surface area contributed by atoms with Crippen molar-refractivity contribution in [3.8, 4) is 0 Å². The van der Waals surface area contributed by atoms with Gasteiger partial charge in [-0.25, -0.2) is 14.8 Å². The van der Waals surface area contributed by atoms with E-state index in [0.717, 1.165) is 48.6 Å². The standard InChI is InChI=1S/C18H18N4O2/c23-18(24)12-7-8-19-16(10-12)22-9-3-4-13(11-22)17-20-14-5-1-2-6-15(14)21-17/h1-2,5-8,10,13H,3-4,9,11H2,(H,20,21)(H,23,24). The Morgan fingerprint density at radius 2 is 2.17 bits per heavy atom. The molecule has 2 N–H and O–H groups in total. The lowest BCUT2D eigenvalue weighted by atomic mass is 9.97. The smallest absolute Gasteiger partial charge is 0.335 e. The molecule has 1 aliphatic rings. The number of fused-ring (bicyclic) bond motifs is 1. The summed E-state index contributed by atoms with van der Waals surface area (Å²) < 4.78 is 0. The van der Waals surface area contributed by atoms with Crippen LogP contribution in [0.5, 0.6) is 0 Å². The molecule has 0 bridgehead atoms. The third kappa shape index (κ3) is 2.71. The van der Waals surface area contributed by atoms with Gasteiger partial charge in [0.05, 0.1) is 16.6 Å². The minimum Gasteiger partial charge on any atom is -0.478 e. The number of imidazole rings is 1. The summed E-state index contributed by atoms with van der Waals surface area (Å²) in [5, 5.41) is 9.16. The minimum absolute atomic E-state index is 0.269. The number of nitrogens with one attached hydrogen (secondary N) is 1. The Hall–Kier alpha value is -2.89. The summed E-state index contributed by atoms with van der Waals surface area (Å²) in [7, 11) is 0. The Kier molecular flexibility index (Phi) is 3.65. The lowest BCUT2D eigenvalue weighted by molar-refractivity contribution is 0.0697. The molecular weight excluding hydrogens is 304 g/mol. The Morgan fingerprint density at radius 1 is 1.29 bits per heavy atom. The van der Waals surface area contributed by atoms with E-state index in [9.17, 15) is 4.79 Å². The first-order valence-electron chi connectivity index (χ1n) is 8.09. The number of hydrogen-bond donors (Lipinski definition) is 2. The average Bonchev–Trinajstić information content (AvgIpc) is 3.06. The number of aromatic carboxylic acids is 1. The first-order valence-corrected chi connectivity index (χ1v) is 8.09. The van der Waals surface area contributed by atoms with E-state index in [1.165, 1.54) is 6.07 Å². The quantitative estimate of drug-likeness (QED) is 0.774. The Balaban J connectivity index is 1.59. The van der Waals surface area contributed by atoms with Crippen LogP contribution in [0.15, 0.2) is 42.6 Å². The van der Waals surface area contributed by atoms with Crippen LogP contribution < -0.4 is 4.90 Å². The molecule has 6 heteroatoms. The molecule has 122 valence electrons. The first kappa shape index (κ1) is 14.7. The zero-order chi connectivity index (χ0) is 16.5.